The molecule has 11 heteroatoms. The molecule has 0 saturated heterocycles. The Morgan fingerprint density at radius 1 is 0.938 bits per heavy atom. The second-order valence-electron chi connectivity index (χ2n) is 7.04. The fraction of sp³-hybridized carbons (Fsp3) is 0.524. The van der Waals surface area contributed by atoms with Crippen LogP contribution in [0, 0.1) is 0 Å². The first-order valence-corrected chi connectivity index (χ1v) is 10.4. The number of nitrogens with one attached hydrogen (secondary N) is 3. The molecule has 0 aliphatic heterocycles. The normalized spacial score (nSPS) is 11.4. The van der Waals surface area contributed by atoms with Crippen molar-refractivity contribution in [2.75, 3.05) is 45.3 Å². The van der Waals surface area contributed by atoms with Gasteiger partial charge in [0.15, 0.2) is 0 Å². The molecule has 1 unspecified atom stereocenters. The fourth-order valence-electron chi connectivity index (χ4n) is 2.62. The highest BCUT2D eigenvalue weighted by molar-refractivity contribution is 5.94. The van der Waals surface area contributed by atoms with Crippen molar-refractivity contribution >= 4 is 29.3 Å². The molecule has 0 heterocycles. The summed E-state index contributed by atoms with van der Waals surface area (Å²) in [7, 11) is 0. The summed E-state index contributed by atoms with van der Waals surface area (Å²) in [4.78, 5) is 46.2. The van der Waals surface area contributed by atoms with E-state index >= 15 is 0 Å². The zero-order valence-electron chi connectivity index (χ0n) is 18.4. The number of anilines is 1. The first-order valence-electron chi connectivity index (χ1n) is 10.4. The minimum atomic E-state index is -0.812. The number of nitrogen functional groups attached to an aromatic ring is 1. The lowest BCUT2D eigenvalue weighted by Gasteiger charge is -2.15. The molecular weight excluding hydrogens is 418 g/mol. The van der Waals surface area contributed by atoms with E-state index in [1.807, 2.05) is 0 Å². The molecule has 0 aliphatic carbocycles. The summed E-state index contributed by atoms with van der Waals surface area (Å²) in [5.41, 5.74) is 12.0. The average molecular weight is 452 g/mol. The van der Waals surface area contributed by atoms with Crippen molar-refractivity contribution in [3.8, 4) is 0 Å². The van der Waals surface area contributed by atoms with Gasteiger partial charge in [0.25, 0.3) is 5.91 Å². The number of hydrogen-bond donors (Lipinski definition) is 5. The third-order valence-electron chi connectivity index (χ3n) is 4.28. The van der Waals surface area contributed by atoms with E-state index in [0.29, 0.717) is 50.2 Å². The number of benzene rings is 1. The summed E-state index contributed by atoms with van der Waals surface area (Å²) < 4.78 is 10.4. The van der Waals surface area contributed by atoms with Gasteiger partial charge in [-0.05, 0) is 43.5 Å². The van der Waals surface area contributed by atoms with Gasteiger partial charge in [0, 0.05) is 31.3 Å². The number of rotatable bonds is 16. The fourth-order valence-corrected chi connectivity index (χ4v) is 2.62. The highest BCUT2D eigenvalue weighted by atomic mass is 16.5. The molecule has 4 amide bonds. The molecule has 178 valence electrons. The molecule has 32 heavy (non-hydrogen) atoms. The second-order valence-corrected chi connectivity index (χ2v) is 7.04. The van der Waals surface area contributed by atoms with Crippen LogP contribution in [0.15, 0.2) is 24.3 Å². The number of unbranched alkanes of at least 4 members (excludes halogenated alkanes) is 1. The van der Waals surface area contributed by atoms with Crippen LogP contribution in [0.3, 0.4) is 0 Å². The van der Waals surface area contributed by atoms with Crippen LogP contribution in [0.1, 0.15) is 36.5 Å². The maximum absolute atomic E-state index is 12.0. The number of hydrogen-bond acceptors (Lipinski definition) is 7. The number of primary amides is 1. The lowest BCUT2D eigenvalue weighted by atomic mass is 10.1. The summed E-state index contributed by atoms with van der Waals surface area (Å²) in [6.45, 7) is 2.84. The van der Waals surface area contributed by atoms with Gasteiger partial charge in [0.05, 0.1) is 19.8 Å². The molecule has 1 aromatic rings. The van der Waals surface area contributed by atoms with Crippen LogP contribution in [0.2, 0.25) is 0 Å². The molecule has 0 fully saturated rings. The summed E-state index contributed by atoms with van der Waals surface area (Å²) in [5.74, 6) is -1.43. The smallest absolute Gasteiger partial charge is 0.251 e. The van der Waals surface area contributed by atoms with Crippen LogP contribution in [0.25, 0.3) is 0 Å². The summed E-state index contributed by atoms with van der Waals surface area (Å²) in [6.07, 6.45) is 1.55. The number of amides is 4. The van der Waals surface area contributed by atoms with Crippen LogP contribution in [0.5, 0.6) is 0 Å². The van der Waals surface area contributed by atoms with Gasteiger partial charge in [0.1, 0.15) is 12.6 Å². The highest BCUT2D eigenvalue weighted by Crippen LogP contribution is 2.05. The van der Waals surface area contributed by atoms with Crippen molar-refractivity contribution in [1.82, 2.24) is 16.0 Å². The van der Waals surface area contributed by atoms with Crippen LogP contribution >= 0.6 is 0 Å². The number of nitrogens with two attached hydrogens (primary N) is 2. The Morgan fingerprint density at radius 3 is 2.28 bits per heavy atom. The number of ether oxygens (including phenoxy) is 2. The van der Waals surface area contributed by atoms with Crippen molar-refractivity contribution in [2.45, 2.75) is 32.2 Å². The van der Waals surface area contributed by atoms with Gasteiger partial charge in [0.2, 0.25) is 17.7 Å². The summed E-state index contributed by atoms with van der Waals surface area (Å²) in [6, 6.07) is 5.78. The van der Waals surface area contributed by atoms with Crippen LogP contribution < -0.4 is 27.4 Å². The van der Waals surface area contributed by atoms with Gasteiger partial charge in [-0.3, -0.25) is 19.2 Å². The first-order chi connectivity index (χ1) is 15.3. The highest BCUT2D eigenvalue weighted by Gasteiger charge is 2.17. The summed E-state index contributed by atoms with van der Waals surface area (Å²) >= 11 is 0. The second kappa shape index (κ2) is 15.6. The molecule has 7 N–H and O–H groups in total. The monoisotopic (exact) mass is 451 g/mol. The number of carbonyl (C=O) groups is 4. The van der Waals surface area contributed by atoms with Crippen molar-refractivity contribution in [1.29, 1.82) is 0 Å². The van der Waals surface area contributed by atoms with Gasteiger partial charge in [-0.1, -0.05) is 0 Å². The van der Waals surface area contributed by atoms with E-state index < -0.39 is 17.9 Å². The Balaban J connectivity index is 2.14. The van der Waals surface area contributed by atoms with Gasteiger partial charge in [-0.2, -0.15) is 0 Å². The molecule has 0 radical (unpaired) electrons. The van der Waals surface area contributed by atoms with E-state index in [1.54, 1.807) is 24.3 Å². The maximum atomic E-state index is 12.0. The molecule has 0 aromatic heterocycles. The number of carbonyl (C=O) groups excluding carboxylic acids is 4. The third kappa shape index (κ3) is 12.5. The van der Waals surface area contributed by atoms with Gasteiger partial charge in [-0.25, -0.2) is 0 Å². The first kappa shape index (κ1) is 26.9. The Labute approximate surface area is 187 Å². The van der Waals surface area contributed by atoms with Crippen molar-refractivity contribution in [2.24, 2.45) is 5.73 Å². The van der Waals surface area contributed by atoms with E-state index in [-0.39, 0.29) is 31.6 Å². The van der Waals surface area contributed by atoms with Crippen LogP contribution in [-0.4, -0.2) is 69.2 Å². The minimum Gasteiger partial charge on any atom is -0.399 e. The molecule has 0 saturated carbocycles. The predicted octanol–water partition coefficient (Wildman–Crippen LogP) is -0.692. The van der Waals surface area contributed by atoms with E-state index in [9.17, 15) is 19.2 Å². The van der Waals surface area contributed by atoms with Gasteiger partial charge in [-0.15, -0.1) is 0 Å². The van der Waals surface area contributed by atoms with Gasteiger partial charge < -0.3 is 36.9 Å². The lowest BCUT2D eigenvalue weighted by molar-refractivity contribution is -0.130. The Kier molecular flexibility index (Phi) is 13.1. The lowest BCUT2D eigenvalue weighted by Crippen LogP contribution is -2.45. The quantitative estimate of drug-likeness (QED) is 0.163. The largest absolute Gasteiger partial charge is 0.399 e. The van der Waals surface area contributed by atoms with Crippen molar-refractivity contribution in [3.63, 3.8) is 0 Å². The molecule has 0 bridgehead atoms. The zero-order valence-corrected chi connectivity index (χ0v) is 18.4. The third-order valence-corrected chi connectivity index (χ3v) is 4.28. The topological polar surface area (TPSA) is 175 Å². The molecule has 11 nitrogen and oxygen atoms in total. The molecule has 1 aromatic carbocycles. The van der Waals surface area contributed by atoms with Gasteiger partial charge >= 0.3 is 0 Å². The maximum Gasteiger partial charge on any atom is 0.251 e. The molecular formula is C21H33N5O6. The Hall–Kier alpha value is -3.18. The Morgan fingerprint density at radius 2 is 1.62 bits per heavy atom. The standard InChI is InChI=1S/C21H33N5O6/c1-15(27)24-10-11-31-12-13-32-14-19(28)26-18(20(23)29)4-2-3-9-25-21(30)16-5-7-17(22)8-6-16/h5-8,18H,2-4,9-14,22H2,1H3,(H2,23,29)(H,24,27)(H,25,30)(H,26,28). The van der Waals surface area contributed by atoms with Crippen LogP contribution in [0.4, 0.5) is 5.69 Å². The van der Waals surface area contributed by atoms with Crippen molar-refractivity contribution < 1.29 is 28.7 Å². The SMILES string of the molecule is CC(=O)NCCOCCOCC(=O)NC(CCCCNC(=O)c1ccc(N)cc1)C(N)=O. The predicted molar refractivity (Wildman–Crippen MR) is 118 cm³/mol. The van der Waals surface area contributed by atoms with Crippen LogP contribution in [-0.2, 0) is 23.9 Å². The molecule has 0 spiro atoms. The summed E-state index contributed by atoms with van der Waals surface area (Å²) in [5, 5.41) is 7.92. The van der Waals surface area contributed by atoms with E-state index in [1.165, 1.54) is 6.92 Å². The van der Waals surface area contributed by atoms with Crippen molar-refractivity contribution in [3.05, 3.63) is 29.8 Å². The zero-order chi connectivity index (χ0) is 23.8. The van der Waals surface area contributed by atoms with E-state index in [2.05, 4.69) is 16.0 Å². The molecule has 1 rings (SSSR count). The van der Waals surface area contributed by atoms with E-state index in [4.69, 9.17) is 20.9 Å². The molecule has 1 atom stereocenters. The minimum absolute atomic E-state index is 0.131. The van der Waals surface area contributed by atoms with E-state index in [0.717, 1.165) is 0 Å². The average Bonchev–Trinajstić information content (AvgIpc) is 2.74. The Bertz CT molecular complexity index is 741. The molecule has 0 aliphatic rings.